The molecule has 5 nitrogen and oxygen atoms in total. The van der Waals surface area contributed by atoms with Crippen LogP contribution in [0.5, 0.6) is 0 Å². The number of methoxy groups -OCH3 is 1. The topological polar surface area (TPSA) is 60.3 Å². The summed E-state index contributed by atoms with van der Waals surface area (Å²) in [6.07, 6.45) is 0. The minimum absolute atomic E-state index is 0.0544. The number of halogens is 1. The second kappa shape index (κ2) is 8.13. The van der Waals surface area contributed by atoms with E-state index < -0.39 is 11.9 Å². The molecule has 2 aromatic carbocycles. The molecule has 5 rings (SSSR count). The molecule has 1 aliphatic carbocycles. The van der Waals surface area contributed by atoms with E-state index in [2.05, 4.69) is 50.9 Å². The Balaban J connectivity index is 1.75. The van der Waals surface area contributed by atoms with E-state index in [0.29, 0.717) is 22.4 Å². The molecule has 1 aromatic heterocycles. The summed E-state index contributed by atoms with van der Waals surface area (Å²) in [6, 6.07) is 15.9. The van der Waals surface area contributed by atoms with Crippen molar-refractivity contribution in [3.63, 3.8) is 0 Å². The first kappa shape index (κ1) is 22.4. The number of fused-ring (bicyclic) bond motifs is 2. The molecule has 0 amide bonds. The van der Waals surface area contributed by atoms with E-state index in [4.69, 9.17) is 4.74 Å². The number of rotatable bonds is 3. The molecule has 1 N–H and O–H groups in total. The number of ether oxygens (including phenoxy) is 1. The van der Waals surface area contributed by atoms with Gasteiger partial charge < -0.3 is 14.6 Å². The van der Waals surface area contributed by atoms with E-state index >= 15 is 0 Å². The standard InChI is InChI=1S/C28H25BrN2O3/c1-14-12-18(10-11-22(14)29)31-15(2)13-21(17(31)4)24-23(28(33)34-5)16(3)30-26-19-8-6-7-9-20(19)27(32)25(24)26/h6-13,24,30H,1-5H3/t24-/m0/s1. The Bertz CT molecular complexity index is 1460. The summed E-state index contributed by atoms with van der Waals surface area (Å²) in [6.45, 7) is 8.01. The molecular weight excluding hydrogens is 492 g/mol. The van der Waals surface area contributed by atoms with Gasteiger partial charge >= 0.3 is 5.97 Å². The van der Waals surface area contributed by atoms with E-state index in [0.717, 1.165) is 43.9 Å². The predicted octanol–water partition coefficient (Wildman–Crippen LogP) is 5.91. The third-order valence-electron chi connectivity index (χ3n) is 6.84. The number of aryl methyl sites for hydroxylation is 2. The lowest BCUT2D eigenvalue weighted by atomic mass is 9.79. The molecule has 1 aliphatic heterocycles. The zero-order chi connectivity index (χ0) is 24.3. The second-order valence-electron chi connectivity index (χ2n) is 8.85. The third-order valence-corrected chi connectivity index (χ3v) is 7.72. The van der Waals surface area contributed by atoms with Crippen LogP contribution in [0.25, 0.3) is 11.4 Å². The van der Waals surface area contributed by atoms with Crippen molar-refractivity contribution in [3.05, 3.63) is 103 Å². The van der Waals surface area contributed by atoms with E-state index in [1.165, 1.54) is 7.11 Å². The monoisotopic (exact) mass is 516 g/mol. The molecule has 2 heterocycles. The van der Waals surface area contributed by atoms with E-state index in [9.17, 15) is 9.59 Å². The number of carbonyl (C=O) groups is 2. The molecular formula is C28H25BrN2O3. The van der Waals surface area contributed by atoms with Gasteiger partial charge in [-0.15, -0.1) is 0 Å². The summed E-state index contributed by atoms with van der Waals surface area (Å²) >= 11 is 3.58. The minimum Gasteiger partial charge on any atom is -0.466 e. The molecule has 2 aliphatic rings. The van der Waals surface area contributed by atoms with Crippen molar-refractivity contribution in [2.75, 3.05) is 7.11 Å². The Morgan fingerprint density at radius 3 is 2.41 bits per heavy atom. The number of hydrogen-bond acceptors (Lipinski definition) is 4. The van der Waals surface area contributed by atoms with Crippen molar-refractivity contribution in [1.29, 1.82) is 0 Å². The van der Waals surface area contributed by atoms with E-state index in [1.54, 1.807) is 0 Å². The maximum absolute atomic E-state index is 13.6. The van der Waals surface area contributed by atoms with Crippen LogP contribution in [-0.4, -0.2) is 23.4 Å². The van der Waals surface area contributed by atoms with Crippen LogP contribution >= 0.6 is 15.9 Å². The number of dihydropyridines is 1. The summed E-state index contributed by atoms with van der Waals surface area (Å²) in [5.74, 6) is -1.02. The van der Waals surface area contributed by atoms with Crippen LogP contribution < -0.4 is 5.32 Å². The van der Waals surface area contributed by atoms with Crippen molar-refractivity contribution in [1.82, 2.24) is 9.88 Å². The fourth-order valence-corrected chi connectivity index (χ4v) is 5.51. The van der Waals surface area contributed by atoms with Crippen molar-refractivity contribution in [2.45, 2.75) is 33.6 Å². The first-order valence-electron chi connectivity index (χ1n) is 11.1. The lowest BCUT2D eigenvalue weighted by Gasteiger charge is -2.29. The molecule has 172 valence electrons. The van der Waals surface area contributed by atoms with Gasteiger partial charge in [0.05, 0.1) is 24.3 Å². The van der Waals surface area contributed by atoms with E-state index in [-0.39, 0.29) is 5.78 Å². The van der Waals surface area contributed by atoms with Gasteiger partial charge in [-0.3, -0.25) is 4.79 Å². The number of nitrogens with zero attached hydrogens (tertiary/aromatic N) is 1. The zero-order valence-electron chi connectivity index (χ0n) is 19.7. The highest BCUT2D eigenvalue weighted by Crippen LogP contribution is 2.48. The maximum atomic E-state index is 13.6. The van der Waals surface area contributed by atoms with Crippen LogP contribution in [0.15, 0.2) is 69.8 Å². The van der Waals surface area contributed by atoms with Crippen LogP contribution in [0.3, 0.4) is 0 Å². The Labute approximate surface area is 207 Å². The lowest BCUT2D eigenvalue weighted by Crippen LogP contribution is -2.29. The third kappa shape index (κ3) is 3.20. The highest BCUT2D eigenvalue weighted by molar-refractivity contribution is 9.10. The number of hydrogen-bond donors (Lipinski definition) is 1. The first-order valence-corrected chi connectivity index (χ1v) is 11.9. The van der Waals surface area contributed by atoms with Crippen LogP contribution in [0, 0.1) is 20.8 Å². The number of esters is 1. The van der Waals surface area contributed by atoms with Crippen LogP contribution in [0.1, 0.15) is 51.3 Å². The Morgan fingerprint density at radius 1 is 1.03 bits per heavy atom. The Hall–Kier alpha value is -3.38. The number of allylic oxidation sites excluding steroid dienone is 2. The SMILES string of the molecule is COC(=O)C1=C(C)NC2=C(C(=O)c3ccccc32)[C@H]1c1cc(C)n(-c2ccc(Br)c(C)c2)c1C. The van der Waals surface area contributed by atoms with Gasteiger partial charge in [0.15, 0.2) is 5.78 Å². The second-order valence-corrected chi connectivity index (χ2v) is 9.70. The number of benzene rings is 2. The van der Waals surface area contributed by atoms with Gasteiger partial charge in [-0.25, -0.2) is 4.79 Å². The van der Waals surface area contributed by atoms with Crippen LogP contribution in [0.2, 0.25) is 0 Å². The molecule has 0 unspecified atom stereocenters. The van der Waals surface area contributed by atoms with Gasteiger partial charge in [0.2, 0.25) is 0 Å². The maximum Gasteiger partial charge on any atom is 0.336 e. The van der Waals surface area contributed by atoms with Gasteiger partial charge in [-0.2, -0.15) is 0 Å². The molecule has 0 saturated carbocycles. The van der Waals surface area contributed by atoms with Gasteiger partial charge in [0, 0.05) is 43.9 Å². The molecule has 1 atom stereocenters. The largest absolute Gasteiger partial charge is 0.466 e. The number of nitrogens with one attached hydrogen (secondary N) is 1. The van der Waals surface area contributed by atoms with Crippen molar-refractivity contribution in [3.8, 4) is 5.69 Å². The molecule has 0 spiro atoms. The minimum atomic E-state index is -0.528. The molecule has 0 bridgehead atoms. The number of carbonyl (C=O) groups excluding carboxylic acids is 2. The number of ketones is 1. The molecule has 34 heavy (non-hydrogen) atoms. The highest BCUT2D eigenvalue weighted by Gasteiger charge is 2.43. The van der Waals surface area contributed by atoms with Crippen molar-refractivity contribution in [2.24, 2.45) is 0 Å². The van der Waals surface area contributed by atoms with E-state index in [1.807, 2.05) is 51.1 Å². The van der Waals surface area contributed by atoms with Crippen LogP contribution in [-0.2, 0) is 9.53 Å². The summed E-state index contributed by atoms with van der Waals surface area (Å²) in [4.78, 5) is 26.7. The molecule has 3 aromatic rings. The average Bonchev–Trinajstić information content (AvgIpc) is 3.27. The lowest BCUT2D eigenvalue weighted by molar-refractivity contribution is -0.136. The Kier molecular flexibility index (Phi) is 5.36. The molecule has 6 heteroatoms. The van der Waals surface area contributed by atoms with Gasteiger partial charge in [-0.1, -0.05) is 40.2 Å². The number of aromatic nitrogens is 1. The summed E-state index contributed by atoms with van der Waals surface area (Å²) in [5.41, 5.74) is 9.16. The van der Waals surface area contributed by atoms with Gasteiger partial charge in [-0.05, 0) is 63.1 Å². The normalized spacial score (nSPS) is 17.0. The Morgan fingerprint density at radius 2 is 1.74 bits per heavy atom. The fourth-order valence-electron chi connectivity index (χ4n) is 5.27. The highest BCUT2D eigenvalue weighted by atomic mass is 79.9. The number of Topliss-reactive ketones (excluding diaryl/α,β-unsaturated/α-hetero) is 1. The molecule has 0 saturated heterocycles. The van der Waals surface area contributed by atoms with Gasteiger partial charge in [0.1, 0.15) is 0 Å². The predicted molar refractivity (Wildman–Crippen MR) is 136 cm³/mol. The van der Waals surface area contributed by atoms with Crippen molar-refractivity contribution >= 4 is 33.4 Å². The smallest absolute Gasteiger partial charge is 0.336 e. The average molecular weight is 517 g/mol. The summed E-state index contributed by atoms with van der Waals surface area (Å²) in [7, 11) is 1.38. The first-order chi connectivity index (χ1) is 16.2. The fraction of sp³-hybridized carbons (Fsp3) is 0.214. The molecule has 0 radical (unpaired) electrons. The quantitative estimate of drug-likeness (QED) is 0.439. The summed E-state index contributed by atoms with van der Waals surface area (Å²) in [5, 5.41) is 3.34. The van der Waals surface area contributed by atoms with Gasteiger partial charge in [0.25, 0.3) is 0 Å². The zero-order valence-corrected chi connectivity index (χ0v) is 21.3. The van der Waals surface area contributed by atoms with Crippen molar-refractivity contribution < 1.29 is 14.3 Å². The van der Waals surface area contributed by atoms with Crippen LogP contribution in [0.4, 0.5) is 0 Å². The summed E-state index contributed by atoms with van der Waals surface area (Å²) < 4.78 is 8.40. The molecule has 0 fully saturated rings.